The fourth-order valence-electron chi connectivity index (χ4n) is 4.95. The summed E-state index contributed by atoms with van der Waals surface area (Å²) in [7, 11) is 0. The number of benzene rings is 3. The van der Waals surface area contributed by atoms with Gasteiger partial charge in [0.25, 0.3) is 0 Å². The van der Waals surface area contributed by atoms with Gasteiger partial charge >= 0.3 is 0 Å². The van der Waals surface area contributed by atoms with Gasteiger partial charge in [0.1, 0.15) is 5.82 Å². The lowest BCUT2D eigenvalue weighted by atomic mass is 10.1. The summed E-state index contributed by atoms with van der Waals surface area (Å²) in [6.07, 6.45) is 7.67. The minimum absolute atomic E-state index is 0.894. The maximum atomic E-state index is 4.84. The molecule has 4 heteroatoms. The van der Waals surface area contributed by atoms with E-state index in [0.717, 1.165) is 28.1 Å². The molecule has 0 radical (unpaired) electrons. The molecular weight excluding hydrogens is 416 g/mol. The van der Waals surface area contributed by atoms with Crippen LogP contribution in [0.1, 0.15) is 0 Å². The first kappa shape index (κ1) is 18.8. The molecule has 4 heterocycles. The van der Waals surface area contributed by atoms with E-state index >= 15 is 0 Å². The molecule has 0 N–H and O–H groups in total. The van der Waals surface area contributed by atoms with Gasteiger partial charge in [-0.05, 0) is 54.1 Å². The quantitative estimate of drug-likeness (QED) is 0.294. The second-order valence-electron chi connectivity index (χ2n) is 8.41. The molecule has 4 aromatic heterocycles. The zero-order chi connectivity index (χ0) is 22.5. The second-order valence-corrected chi connectivity index (χ2v) is 8.41. The van der Waals surface area contributed by atoms with Gasteiger partial charge in [-0.1, -0.05) is 48.5 Å². The lowest BCUT2D eigenvalue weighted by Crippen LogP contribution is -1.99. The minimum atomic E-state index is 0.894. The van der Waals surface area contributed by atoms with E-state index in [-0.39, 0.29) is 0 Å². The molecule has 7 aromatic rings. The van der Waals surface area contributed by atoms with Crippen molar-refractivity contribution in [1.82, 2.24) is 19.1 Å². The number of aromatic nitrogens is 4. The van der Waals surface area contributed by atoms with Crippen molar-refractivity contribution in [2.75, 3.05) is 0 Å². The highest BCUT2D eigenvalue weighted by Gasteiger charge is 2.17. The van der Waals surface area contributed by atoms with Crippen LogP contribution < -0.4 is 0 Å². The SMILES string of the molecule is c1ccc(-n2c3ccccc3c3ccc4ccn(-c5ccc(-c6ccncc6)cn5)c4c32)cc1. The Balaban J connectivity index is 1.52. The summed E-state index contributed by atoms with van der Waals surface area (Å²) >= 11 is 0. The monoisotopic (exact) mass is 436 g/mol. The number of hydrogen-bond donors (Lipinski definition) is 0. The molecule has 0 aliphatic rings. The largest absolute Gasteiger partial charge is 0.307 e. The number of rotatable bonds is 3. The van der Waals surface area contributed by atoms with Crippen molar-refractivity contribution in [3.63, 3.8) is 0 Å². The van der Waals surface area contributed by atoms with Gasteiger partial charge in [-0.2, -0.15) is 0 Å². The van der Waals surface area contributed by atoms with Crippen LogP contribution in [0.3, 0.4) is 0 Å². The van der Waals surface area contributed by atoms with Crippen molar-refractivity contribution in [2.24, 2.45) is 0 Å². The summed E-state index contributed by atoms with van der Waals surface area (Å²) in [6, 6.07) is 34.0. The van der Waals surface area contributed by atoms with E-state index in [2.05, 4.69) is 105 Å². The van der Waals surface area contributed by atoms with Gasteiger partial charge in [0, 0.05) is 52.2 Å². The van der Waals surface area contributed by atoms with E-state index in [1.165, 1.54) is 27.2 Å². The Kier molecular flexibility index (Phi) is 4.11. The zero-order valence-electron chi connectivity index (χ0n) is 18.3. The molecule has 34 heavy (non-hydrogen) atoms. The molecule has 0 atom stereocenters. The van der Waals surface area contributed by atoms with E-state index in [0.29, 0.717) is 0 Å². The maximum absolute atomic E-state index is 4.84. The summed E-state index contributed by atoms with van der Waals surface area (Å²) in [4.78, 5) is 8.96. The van der Waals surface area contributed by atoms with Crippen molar-refractivity contribution in [3.8, 4) is 22.6 Å². The Morgan fingerprint density at radius 3 is 2.24 bits per heavy atom. The van der Waals surface area contributed by atoms with Crippen LogP contribution in [0.4, 0.5) is 0 Å². The summed E-state index contributed by atoms with van der Waals surface area (Å²) in [5.74, 6) is 0.894. The summed E-state index contributed by atoms with van der Waals surface area (Å²) in [6.45, 7) is 0. The molecule has 0 saturated heterocycles. The van der Waals surface area contributed by atoms with Gasteiger partial charge in [-0.15, -0.1) is 0 Å². The third-order valence-electron chi connectivity index (χ3n) is 6.51. The van der Waals surface area contributed by atoms with Crippen molar-refractivity contribution in [2.45, 2.75) is 0 Å². The average Bonchev–Trinajstić information content (AvgIpc) is 3.49. The predicted octanol–water partition coefficient (Wildman–Crippen LogP) is 7.18. The zero-order valence-corrected chi connectivity index (χ0v) is 18.3. The van der Waals surface area contributed by atoms with Crippen molar-refractivity contribution < 1.29 is 0 Å². The summed E-state index contributed by atoms with van der Waals surface area (Å²) in [5, 5.41) is 3.67. The van der Waals surface area contributed by atoms with Crippen LogP contribution in [0, 0.1) is 0 Å². The Morgan fingerprint density at radius 2 is 1.41 bits per heavy atom. The Hall–Kier alpha value is -4.70. The lowest BCUT2D eigenvalue weighted by molar-refractivity contribution is 1.04. The molecule has 3 aromatic carbocycles. The van der Waals surface area contributed by atoms with Crippen LogP contribution in [-0.2, 0) is 0 Å². The Labute approximate surface area is 196 Å². The van der Waals surface area contributed by atoms with Crippen LogP contribution in [0.25, 0.3) is 55.3 Å². The van der Waals surface area contributed by atoms with Crippen molar-refractivity contribution >= 4 is 32.7 Å². The first-order valence-electron chi connectivity index (χ1n) is 11.3. The second kappa shape index (κ2) is 7.42. The van der Waals surface area contributed by atoms with Crippen LogP contribution in [0.2, 0.25) is 0 Å². The standard InChI is InChI=1S/C30H20N4/c1-2-6-24(7-3-1)34-27-9-5-4-8-25(27)26-12-10-22-16-19-33(29(22)30(26)34)28-13-11-23(20-32-28)21-14-17-31-18-15-21/h1-20H. The fraction of sp³-hybridized carbons (Fsp3) is 0. The Bertz CT molecular complexity index is 1780. The molecule has 0 aliphatic heterocycles. The van der Waals surface area contributed by atoms with E-state index in [1.807, 2.05) is 30.7 Å². The summed E-state index contributed by atoms with van der Waals surface area (Å²) < 4.78 is 4.57. The van der Waals surface area contributed by atoms with E-state index in [1.54, 1.807) is 0 Å². The number of fused-ring (bicyclic) bond motifs is 5. The molecule has 0 aliphatic carbocycles. The first-order valence-corrected chi connectivity index (χ1v) is 11.3. The minimum Gasteiger partial charge on any atom is -0.307 e. The van der Waals surface area contributed by atoms with Gasteiger partial charge in [-0.25, -0.2) is 4.98 Å². The Morgan fingerprint density at radius 1 is 0.588 bits per heavy atom. The molecular formula is C30H20N4. The average molecular weight is 437 g/mol. The molecule has 0 unspecified atom stereocenters. The van der Waals surface area contributed by atoms with Gasteiger partial charge in [0.05, 0.1) is 16.6 Å². The van der Waals surface area contributed by atoms with Crippen LogP contribution in [-0.4, -0.2) is 19.1 Å². The number of pyridine rings is 2. The first-order chi connectivity index (χ1) is 16.9. The van der Waals surface area contributed by atoms with Gasteiger partial charge in [0.15, 0.2) is 0 Å². The van der Waals surface area contributed by atoms with E-state index in [9.17, 15) is 0 Å². The molecule has 160 valence electrons. The highest BCUT2D eigenvalue weighted by Crippen LogP contribution is 2.37. The molecule has 4 nitrogen and oxygen atoms in total. The van der Waals surface area contributed by atoms with Crippen LogP contribution >= 0.6 is 0 Å². The van der Waals surface area contributed by atoms with Crippen molar-refractivity contribution in [1.29, 1.82) is 0 Å². The number of para-hydroxylation sites is 2. The third kappa shape index (κ3) is 2.79. The molecule has 7 rings (SSSR count). The van der Waals surface area contributed by atoms with E-state index in [4.69, 9.17) is 4.98 Å². The molecule has 0 saturated carbocycles. The smallest absolute Gasteiger partial charge is 0.137 e. The maximum Gasteiger partial charge on any atom is 0.137 e. The molecule has 0 amide bonds. The topological polar surface area (TPSA) is 35.6 Å². The van der Waals surface area contributed by atoms with Crippen LogP contribution in [0.5, 0.6) is 0 Å². The molecule has 0 spiro atoms. The van der Waals surface area contributed by atoms with Crippen LogP contribution in [0.15, 0.2) is 122 Å². The normalized spacial score (nSPS) is 11.5. The predicted molar refractivity (Wildman–Crippen MR) is 139 cm³/mol. The lowest BCUT2D eigenvalue weighted by Gasteiger charge is -2.11. The number of nitrogens with zero attached hydrogens (tertiary/aromatic N) is 4. The third-order valence-corrected chi connectivity index (χ3v) is 6.51. The molecule has 0 fully saturated rings. The highest BCUT2D eigenvalue weighted by molar-refractivity contribution is 6.18. The number of hydrogen-bond acceptors (Lipinski definition) is 2. The van der Waals surface area contributed by atoms with Gasteiger partial charge in [-0.3, -0.25) is 9.55 Å². The fourth-order valence-corrected chi connectivity index (χ4v) is 4.95. The molecule has 0 bridgehead atoms. The van der Waals surface area contributed by atoms with E-state index < -0.39 is 0 Å². The van der Waals surface area contributed by atoms with Crippen molar-refractivity contribution in [3.05, 3.63) is 122 Å². The van der Waals surface area contributed by atoms with Gasteiger partial charge in [0.2, 0.25) is 0 Å². The highest BCUT2D eigenvalue weighted by atomic mass is 15.1. The van der Waals surface area contributed by atoms with Gasteiger partial charge < -0.3 is 4.57 Å². The summed E-state index contributed by atoms with van der Waals surface area (Å²) in [5.41, 5.74) is 6.88.